The van der Waals surface area contributed by atoms with Crippen molar-refractivity contribution in [1.82, 2.24) is 4.98 Å². The zero-order chi connectivity index (χ0) is 23.4. The van der Waals surface area contributed by atoms with Gasteiger partial charge >= 0.3 is 0 Å². The van der Waals surface area contributed by atoms with Crippen molar-refractivity contribution in [2.24, 2.45) is 0 Å². The van der Waals surface area contributed by atoms with Gasteiger partial charge in [0.1, 0.15) is 17.2 Å². The van der Waals surface area contributed by atoms with Crippen LogP contribution >= 0.6 is 0 Å². The van der Waals surface area contributed by atoms with Crippen LogP contribution in [0.1, 0.15) is 21.6 Å². The number of carbonyl (C=O) groups excluding carboxylic acids is 1. The summed E-state index contributed by atoms with van der Waals surface area (Å²) in [6.45, 7) is -0.366. The number of ketones is 1. The minimum atomic E-state index is -1.85. The molecule has 0 N–H and O–H groups in total. The van der Waals surface area contributed by atoms with Crippen molar-refractivity contribution in [3.05, 3.63) is 106 Å². The quantitative estimate of drug-likeness (QED) is 0.0913. The van der Waals surface area contributed by atoms with Crippen LogP contribution in [0.15, 0.2) is 48.7 Å². The first-order valence-electron chi connectivity index (χ1n) is 9.55. The number of halogens is 6. The fraction of sp³-hybridized carbons (Fsp3) is 0.0417. The average molecular weight is 651 g/mol. The molecule has 1 aliphatic heterocycles. The van der Waals surface area contributed by atoms with Crippen molar-refractivity contribution in [3.63, 3.8) is 0 Å². The van der Waals surface area contributed by atoms with Gasteiger partial charge in [0.15, 0.2) is 24.0 Å². The van der Waals surface area contributed by atoms with Crippen LogP contribution in [0.3, 0.4) is 0 Å². The van der Waals surface area contributed by atoms with E-state index in [4.69, 9.17) is 0 Å². The molecule has 0 unspecified atom stereocenters. The Morgan fingerprint density at radius 2 is 1.59 bits per heavy atom. The van der Waals surface area contributed by atoms with Crippen LogP contribution in [0, 0.1) is 41.0 Å². The molecule has 0 aliphatic carbocycles. The third-order valence-corrected chi connectivity index (χ3v) is 5.44. The summed E-state index contributed by atoms with van der Waals surface area (Å²) in [5.74, 6) is -10.7. The van der Waals surface area contributed by atoms with Gasteiger partial charge in [-0.3, -0.25) is 18.6 Å². The SMILES string of the molecule is O=C(c1ccccn1)c1c(F)c(F)c(F)c2c1C[n+]1c(-c3[c-]cc(F)c(F)c3F)cccc1-2.[Pt]. The predicted octanol–water partition coefficient (Wildman–Crippen LogP) is 4.93. The van der Waals surface area contributed by atoms with Crippen LogP contribution in [0.2, 0.25) is 0 Å². The van der Waals surface area contributed by atoms with Gasteiger partial charge in [0.05, 0.1) is 22.8 Å². The molecule has 0 amide bonds. The van der Waals surface area contributed by atoms with Gasteiger partial charge in [0.2, 0.25) is 11.5 Å². The van der Waals surface area contributed by atoms with Gasteiger partial charge in [0.25, 0.3) is 0 Å². The summed E-state index contributed by atoms with van der Waals surface area (Å²) >= 11 is 0. The molecule has 1 aliphatic rings. The Bertz CT molecular complexity index is 1480. The van der Waals surface area contributed by atoms with Crippen LogP contribution in [0.4, 0.5) is 26.3 Å². The first-order valence-corrected chi connectivity index (χ1v) is 9.55. The van der Waals surface area contributed by atoms with Crippen molar-refractivity contribution in [1.29, 1.82) is 0 Å². The van der Waals surface area contributed by atoms with E-state index in [0.717, 1.165) is 0 Å². The molecular formula is C24H10F6N2OPt. The predicted molar refractivity (Wildman–Crippen MR) is 103 cm³/mol. The fourth-order valence-corrected chi connectivity index (χ4v) is 3.96. The maximum absolute atomic E-state index is 14.9. The van der Waals surface area contributed by atoms with E-state index in [1.165, 1.54) is 47.2 Å². The summed E-state index contributed by atoms with van der Waals surface area (Å²) in [5, 5.41) is 0. The van der Waals surface area contributed by atoms with Gasteiger partial charge in [-0.05, 0) is 23.8 Å². The van der Waals surface area contributed by atoms with Gasteiger partial charge in [-0.25, -0.2) is 22.1 Å². The monoisotopic (exact) mass is 651 g/mol. The Balaban J connectivity index is 0.00000274. The van der Waals surface area contributed by atoms with E-state index in [9.17, 15) is 31.1 Å². The molecule has 0 saturated carbocycles. The molecule has 5 rings (SSSR count). The second kappa shape index (κ2) is 8.80. The summed E-state index contributed by atoms with van der Waals surface area (Å²) < 4.78 is 87.1. The van der Waals surface area contributed by atoms with E-state index in [-0.39, 0.29) is 50.3 Å². The fourth-order valence-electron chi connectivity index (χ4n) is 3.96. The van der Waals surface area contributed by atoms with Gasteiger partial charge < -0.3 is 0 Å². The van der Waals surface area contributed by atoms with Gasteiger partial charge in [-0.1, -0.05) is 12.1 Å². The molecule has 10 heteroatoms. The van der Waals surface area contributed by atoms with E-state index in [1.54, 1.807) is 0 Å². The van der Waals surface area contributed by atoms with Crippen molar-refractivity contribution in [2.45, 2.75) is 6.54 Å². The molecule has 0 saturated heterocycles. The van der Waals surface area contributed by atoms with Crippen LogP contribution < -0.4 is 4.57 Å². The number of hydrogen-bond acceptors (Lipinski definition) is 2. The second-order valence-electron chi connectivity index (χ2n) is 7.24. The van der Waals surface area contributed by atoms with Crippen molar-refractivity contribution in [3.8, 4) is 22.5 Å². The van der Waals surface area contributed by atoms with E-state index < -0.39 is 57.4 Å². The normalized spacial score (nSPS) is 11.6. The summed E-state index contributed by atoms with van der Waals surface area (Å²) in [4.78, 5) is 16.8. The summed E-state index contributed by atoms with van der Waals surface area (Å²) in [6.07, 6.45) is 1.29. The number of benzene rings is 2. The minimum absolute atomic E-state index is 0. The summed E-state index contributed by atoms with van der Waals surface area (Å²) in [7, 11) is 0. The average Bonchev–Trinajstić information content (AvgIpc) is 3.21. The molecular weight excluding hydrogens is 641 g/mol. The van der Waals surface area contributed by atoms with Gasteiger partial charge in [-0.2, -0.15) is 0 Å². The number of rotatable bonds is 3. The Morgan fingerprint density at radius 1 is 0.853 bits per heavy atom. The molecule has 0 atom stereocenters. The van der Waals surface area contributed by atoms with E-state index in [0.29, 0.717) is 6.07 Å². The Labute approximate surface area is 203 Å². The smallest absolute Gasteiger partial charge is 0.214 e. The largest absolute Gasteiger partial charge is 0.287 e. The molecule has 0 spiro atoms. The van der Waals surface area contributed by atoms with E-state index in [1.807, 2.05) is 0 Å². The third kappa shape index (κ3) is 3.46. The molecule has 0 radical (unpaired) electrons. The maximum atomic E-state index is 14.9. The standard InChI is InChI=1S/C24H10F6N2O.Pt/c25-13-8-7-11(19(26)20(13)27)15-5-3-6-16-17-12(10-32(15)16)18(22(29)23(30)21(17)28)24(33)14-4-1-2-9-31-14;/h1-6,8-9H,10H2;. The molecule has 3 nitrogen and oxygen atoms in total. The maximum Gasteiger partial charge on any atom is 0.214 e. The Morgan fingerprint density at radius 3 is 2.29 bits per heavy atom. The number of aromatic nitrogens is 2. The van der Waals surface area contributed by atoms with Crippen LogP contribution in [0.5, 0.6) is 0 Å². The summed E-state index contributed by atoms with van der Waals surface area (Å²) in [6, 6.07) is 11.2. The van der Waals surface area contributed by atoms with Crippen molar-refractivity contribution >= 4 is 5.78 Å². The summed E-state index contributed by atoms with van der Waals surface area (Å²) in [5.41, 5.74) is -2.01. The number of carbonyl (C=O) groups is 1. The number of fused-ring (bicyclic) bond motifs is 3. The third-order valence-electron chi connectivity index (χ3n) is 5.44. The van der Waals surface area contributed by atoms with Crippen LogP contribution in [0.25, 0.3) is 22.5 Å². The molecule has 0 fully saturated rings. The Kier molecular flexibility index (Phi) is 6.16. The number of nitrogens with zero attached hydrogens (tertiary/aromatic N) is 2. The van der Waals surface area contributed by atoms with Crippen molar-refractivity contribution < 1.29 is 56.8 Å². The molecule has 174 valence electrons. The molecule has 4 aromatic rings. The molecule has 34 heavy (non-hydrogen) atoms. The molecule has 2 aromatic heterocycles. The van der Waals surface area contributed by atoms with Gasteiger partial charge in [-0.15, -0.1) is 12.1 Å². The first-order chi connectivity index (χ1) is 15.8. The molecule has 2 aromatic carbocycles. The number of hydrogen-bond donors (Lipinski definition) is 0. The first kappa shape index (κ1) is 23.8. The Hall–Kier alpha value is -3.32. The topological polar surface area (TPSA) is 33.8 Å². The zero-order valence-electron chi connectivity index (χ0n) is 16.7. The van der Waals surface area contributed by atoms with Crippen molar-refractivity contribution in [2.75, 3.05) is 0 Å². The van der Waals surface area contributed by atoms with Gasteiger partial charge in [0, 0.05) is 38.9 Å². The van der Waals surface area contributed by atoms with Crippen LogP contribution in [-0.2, 0) is 27.6 Å². The second-order valence-corrected chi connectivity index (χ2v) is 7.24. The van der Waals surface area contributed by atoms with E-state index >= 15 is 0 Å². The van der Waals surface area contributed by atoms with Crippen LogP contribution in [-0.4, -0.2) is 10.8 Å². The molecule has 0 bridgehead atoms. The van der Waals surface area contributed by atoms with E-state index in [2.05, 4.69) is 11.1 Å². The molecule has 3 heterocycles. The zero-order valence-corrected chi connectivity index (χ0v) is 19.0. The number of pyridine rings is 2. The minimum Gasteiger partial charge on any atom is -0.287 e.